The van der Waals surface area contributed by atoms with Crippen LogP contribution in [-0.4, -0.2) is 17.1 Å². The molecule has 0 bridgehead atoms. The quantitative estimate of drug-likeness (QED) is 0.345. The maximum atomic E-state index is 13.5. The van der Waals surface area contributed by atoms with Gasteiger partial charge in [0, 0.05) is 23.0 Å². The molecular formula is C25H26F3NO3S. The van der Waals surface area contributed by atoms with Crippen LogP contribution in [0.3, 0.4) is 0 Å². The zero-order valence-electron chi connectivity index (χ0n) is 18.4. The zero-order valence-corrected chi connectivity index (χ0v) is 19.2. The van der Waals surface area contributed by atoms with Crippen LogP contribution >= 0.6 is 11.3 Å². The number of aliphatic carboxylic acids is 1. The Morgan fingerprint density at radius 3 is 2.33 bits per heavy atom. The van der Waals surface area contributed by atoms with Gasteiger partial charge in [-0.1, -0.05) is 56.3 Å². The van der Waals surface area contributed by atoms with Crippen molar-refractivity contribution in [2.45, 2.75) is 45.6 Å². The highest BCUT2D eigenvalue weighted by atomic mass is 32.1. The maximum absolute atomic E-state index is 13.5. The van der Waals surface area contributed by atoms with Crippen LogP contribution in [0.2, 0.25) is 0 Å². The fraction of sp³-hybridized carbons (Fsp3) is 0.320. The Morgan fingerprint density at radius 2 is 1.76 bits per heavy atom. The first kappa shape index (κ1) is 24.8. The summed E-state index contributed by atoms with van der Waals surface area (Å²) in [5.74, 6) is -0.118. The Labute approximate surface area is 195 Å². The van der Waals surface area contributed by atoms with Gasteiger partial charge in [0.1, 0.15) is 17.2 Å². The molecule has 1 aromatic heterocycles. The number of carboxylic acid groups (broad SMARTS) is 1. The lowest BCUT2D eigenvalue weighted by molar-refractivity contribution is -0.138. The minimum Gasteiger partial charge on any atom is -0.488 e. The Bertz CT molecular complexity index is 1050. The number of rotatable bonds is 10. The summed E-state index contributed by atoms with van der Waals surface area (Å²) in [5.41, 5.74) is 1.64. The molecule has 0 aliphatic heterocycles. The first-order valence-corrected chi connectivity index (χ1v) is 11.4. The lowest BCUT2D eigenvalue weighted by Crippen LogP contribution is -2.35. The van der Waals surface area contributed by atoms with Gasteiger partial charge >= 0.3 is 12.1 Å². The van der Waals surface area contributed by atoms with Gasteiger partial charge in [0.2, 0.25) is 0 Å². The number of hydrogen-bond donors (Lipinski definition) is 2. The molecule has 2 aromatic carbocycles. The number of alkyl halides is 3. The summed E-state index contributed by atoms with van der Waals surface area (Å²) < 4.78 is 46.3. The molecule has 0 fully saturated rings. The Morgan fingerprint density at radius 1 is 1.09 bits per heavy atom. The number of hydrogen-bond acceptors (Lipinski definition) is 4. The van der Waals surface area contributed by atoms with E-state index >= 15 is 0 Å². The van der Waals surface area contributed by atoms with Gasteiger partial charge in [-0.05, 0) is 35.2 Å². The average Bonchev–Trinajstić information content (AvgIpc) is 3.21. The van der Waals surface area contributed by atoms with Gasteiger partial charge in [-0.25, -0.2) is 0 Å². The van der Waals surface area contributed by atoms with Crippen LogP contribution in [0.25, 0.3) is 11.1 Å². The molecule has 0 saturated carbocycles. The van der Waals surface area contributed by atoms with E-state index < -0.39 is 17.0 Å². The second-order valence-corrected chi connectivity index (χ2v) is 9.22. The standard InChI is InChI=1S/C25H26F3NO3S/c1-16(2)22(13-23(30)31)29-14-17-8-10-19(11-9-17)32-15-20-12-21(18-6-4-3-5-7-18)24(33-20)25(26,27)28/h3-12,16,22,29H,13-15H2,1-2H3,(H,30,31). The highest BCUT2D eigenvalue weighted by Crippen LogP contribution is 2.43. The first-order valence-electron chi connectivity index (χ1n) is 10.6. The normalized spacial score (nSPS) is 12.7. The van der Waals surface area contributed by atoms with Crippen molar-refractivity contribution in [2.24, 2.45) is 5.92 Å². The molecule has 0 saturated heterocycles. The summed E-state index contributed by atoms with van der Waals surface area (Å²) in [6.07, 6.45) is -4.39. The predicted octanol–water partition coefficient (Wildman–Crippen LogP) is 6.60. The number of carboxylic acids is 1. The van der Waals surface area contributed by atoms with Crippen molar-refractivity contribution >= 4 is 17.3 Å². The van der Waals surface area contributed by atoms with Crippen LogP contribution in [0.15, 0.2) is 60.7 Å². The summed E-state index contributed by atoms with van der Waals surface area (Å²) in [7, 11) is 0. The van der Waals surface area contributed by atoms with Crippen molar-refractivity contribution in [3.8, 4) is 16.9 Å². The van der Waals surface area contributed by atoms with E-state index in [0.29, 0.717) is 34.1 Å². The van der Waals surface area contributed by atoms with Crippen LogP contribution in [0.4, 0.5) is 13.2 Å². The minimum absolute atomic E-state index is 0.0339. The van der Waals surface area contributed by atoms with E-state index in [0.717, 1.165) is 5.56 Å². The molecule has 1 unspecified atom stereocenters. The van der Waals surface area contributed by atoms with E-state index in [1.165, 1.54) is 6.07 Å². The molecule has 4 nitrogen and oxygen atoms in total. The molecular weight excluding hydrogens is 451 g/mol. The van der Waals surface area contributed by atoms with E-state index in [9.17, 15) is 18.0 Å². The Hall–Kier alpha value is -2.84. The summed E-state index contributed by atoms with van der Waals surface area (Å²) >= 11 is 0.694. The monoisotopic (exact) mass is 477 g/mol. The summed E-state index contributed by atoms with van der Waals surface area (Å²) in [4.78, 5) is 10.9. The van der Waals surface area contributed by atoms with Crippen LogP contribution in [0.1, 0.15) is 35.6 Å². The third kappa shape index (κ3) is 7.07. The fourth-order valence-corrected chi connectivity index (χ4v) is 4.35. The van der Waals surface area contributed by atoms with Crippen LogP contribution in [0, 0.1) is 5.92 Å². The maximum Gasteiger partial charge on any atom is 0.426 e. The van der Waals surface area contributed by atoms with E-state index in [-0.39, 0.29) is 30.6 Å². The van der Waals surface area contributed by atoms with E-state index in [1.54, 1.807) is 42.5 Å². The second-order valence-electron chi connectivity index (χ2n) is 8.08. The fourth-order valence-electron chi connectivity index (χ4n) is 3.39. The summed E-state index contributed by atoms with van der Waals surface area (Å²) in [6.45, 7) is 4.48. The van der Waals surface area contributed by atoms with E-state index in [1.807, 2.05) is 26.0 Å². The van der Waals surface area contributed by atoms with Gasteiger partial charge in [0.15, 0.2) is 0 Å². The molecule has 0 spiro atoms. The van der Waals surface area contributed by atoms with Gasteiger partial charge < -0.3 is 15.2 Å². The minimum atomic E-state index is -4.43. The number of benzene rings is 2. The average molecular weight is 478 g/mol. The second kappa shape index (κ2) is 10.9. The van der Waals surface area contributed by atoms with Gasteiger partial charge in [-0.3, -0.25) is 4.79 Å². The topological polar surface area (TPSA) is 58.6 Å². The number of nitrogens with one attached hydrogen (secondary N) is 1. The van der Waals surface area contributed by atoms with Crippen molar-refractivity contribution in [1.29, 1.82) is 0 Å². The Kier molecular flexibility index (Phi) is 8.15. The van der Waals surface area contributed by atoms with Crippen LogP contribution < -0.4 is 10.1 Å². The summed E-state index contributed by atoms with van der Waals surface area (Å²) in [5, 5.41) is 12.3. The molecule has 0 aliphatic carbocycles. The summed E-state index contributed by atoms with van der Waals surface area (Å²) in [6, 6.07) is 17.1. The molecule has 1 heterocycles. The lowest BCUT2D eigenvalue weighted by atomic mass is 10.0. The first-order chi connectivity index (χ1) is 15.6. The van der Waals surface area contributed by atoms with Crippen molar-refractivity contribution in [1.82, 2.24) is 5.32 Å². The third-order valence-electron chi connectivity index (χ3n) is 5.20. The molecule has 3 rings (SSSR count). The van der Waals surface area contributed by atoms with Crippen molar-refractivity contribution in [2.75, 3.05) is 0 Å². The zero-order chi connectivity index (χ0) is 24.0. The third-order valence-corrected chi connectivity index (χ3v) is 6.35. The number of halogens is 3. The number of carbonyl (C=O) groups is 1. The lowest BCUT2D eigenvalue weighted by Gasteiger charge is -2.20. The molecule has 33 heavy (non-hydrogen) atoms. The molecule has 176 valence electrons. The number of thiophene rings is 1. The molecule has 0 aliphatic rings. The predicted molar refractivity (Wildman–Crippen MR) is 123 cm³/mol. The molecule has 8 heteroatoms. The Balaban J connectivity index is 1.63. The van der Waals surface area contributed by atoms with Gasteiger partial charge in [0.05, 0.1) is 6.42 Å². The van der Waals surface area contributed by atoms with Crippen molar-refractivity contribution in [3.63, 3.8) is 0 Å². The molecule has 2 N–H and O–H groups in total. The van der Waals surface area contributed by atoms with Crippen LogP contribution in [-0.2, 0) is 24.1 Å². The smallest absolute Gasteiger partial charge is 0.426 e. The van der Waals surface area contributed by atoms with Gasteiger partial charge in [0.25, 0.3) is 0 Å². The molecule has 0 amide bonds. The van der Waals surface area contributed by atoms with Gasteiger partial charge in [-0.15, -0.1) is 11.3 Å². The van der Waals surface area contributed by atoms with Crippen molar-refractivity contribution < 1.29 is 27.8 Å². The van der Waals surface area contributed by atoms with Crippen LogP contribution in [0.5, 0.6) is 5.75 Å². The molecule has 0 radical (unpaired) electrons. The highest BCUT2D eigenvalue weighted by Gasteiger charge is 2.36. The van der Waals surface area contributed by atoms with Gasteiger partial charge in [-0.2, -0.15) is 13.2 Å². The highest BCUT2D eigenvalue weighted by molar-refractivity contribution is 7.12. The van der Waals surface area contributed by atoms with E-state index in [4.69, 9.17) is 9.84 Å². The molecule has 3 aromatic rings. The SMILES string of the molecule is CC(C)C(CC(=O)O)NCc1ccc(OCc2cc(-c3ccccc3)c(C(F)(F)F)s2)cc1. The van der Waals surface area contributed by atoms with Crippen molar-refractivity contribution in [3.05, 3.63) is 76.0 Å². The number of ether oxygens (including phenoxy) is 1. The largest absolute Gasteiger partial charge is 0.488 e. The molecule has 1 atom stereocenters. The van der Waals surface area contributed by atoms with E-state index in [2.05, 4.69) is 5.32 Å².